The molecule has 0 bridgehead atoms. The predicted octanol–water partition coefficient (Wildman–Crippen LogP) is 2.14. The lowest BCUT2D eigenvalue weighted by Gasteiger charge is -2.27. The highest BCUT2D eigenvalue weighted by molar-refractivity contribution is 5.78. The Kier molecular flexibility index (Phi) is 6.18. The van der Waals surface area contributed by atoms with Crippen LogP contribution < -0.4 is 5.32 Å². The summed E-state index contributed by atoms with van der Waals surface area (Å²) in [6, 6.07) is 8.10. The van der Waals surface area contributed by atoms with Crippen molar-refractivity contribution in [2.75, 3.05) is 13.1 Å². The molecule has 0 radical (unpaired) electrons. The van der Waals surface area contributed by atoms with Crippen molar-refractivity contribution in [2.45, 2.75) is 32.3 Å². The first kappa shape index (κ1) is 16.2. The molecule has 2 rings (SSSR count). The molecule has 0 aromatic heterocycles. The molecule has 20 heavy (non-hydrogen) atoms. The Hall–Kier alpha value is -1.88. The number of nitrogens with one attached hydrogen (secondary N) is 1. The van der Waals surface area contributed by atoms with Crippen LogP contribution in [0.5, 0.6) is 0 Å². The van der Waals surface area contributed by atoms with E-state index >= 15 is 0 Å². The smallest absolute Gasteiger partial charge is 0.293 e. The Labute approximate surface area is 119 Å². The van der Waals surface area contributed by atoms with Crippen LogP contribution in [0.1, 0.15) is 37.8 Å². The topological polar surface area (TPSA) is 70.9 Å². The number of oxime groups is 1. The second-order valence-electron chi connectivity index (χ2n) is 5.59. The molecule has 0 aliphatic carbocycles. The average Bonchev–Trinajstić information content (AvgIpc) is 2.29. The summed E-state index contributed by atoms with van der Waals surface area (Å²) < 4.78 is 4.55. The first-order valence-corrected chi connectivity index (χ1v) is 6.56. The molecule has 1 aliphatic rings. The van der Waals surface area contributed by atoms with Crippen LogP contribution in [0.4, 0.5) is 0 Å². The molecule has 1 heterocycles. The maximum atomic E-state index is 9.60. The highest BCUT2D eigenvalue weighted by atomic mass is 16.5. The van der Waals surface area contributed by atoms with Gasteiger partial charge in [-0.1, -0.05) is 29.4 Å². The van der Waals surface area contributed by atoms with Gasteiger partial charge in [0.05, 0.1) is 6.21 Å². The molecule has 0 unspecified atom stereocenters. The van der Waals surface area contributed by atoms with Gasteiger partial charge in [0, 0.05) is 19.0 Å². The summed E-state index contributed by atoms with van der Waals surface area (Å²) in [5.74, 6) is 0.667. The fraction of sp³-hybridized carbons (Fsp3) is 0.467. The van der Waals surface area contributed by atoms with Crippen LogP contribution in [-0.2, 0) is 9.53 Å². The molecular formula is C15H22N2O3. The lowest BCUT2D eigenvalue weighted by Crippen LogP contribution is -2.39. The third-order valence-electron chi connectivity index (χ3n) is 2.80. The van der Waals surface area contributed by atoms with E-state index in [2.05, 4.69) is 27.3 Å². The summed E-state index contributed by atoms with van der Waals surface area (Å²) in [7, 11) is 0. The van der Waals surface area contributed by atoms with Gasteiger partial charge in [0.25, 0.3) is 6.47 Å². The van der Waals surface area contributed by atoms with E-state index in [0.717, 1.165) is 18.7 Å². The maximum Gasteiger partial charge on any atom is 0.293 e. The van der Waals surface area contributed by atoms with Crippen molar-refractivity contribution in [3.8, 4) is 0 Å². The summed E-state index contributed by atoms with van der Waals surface area (Å²) in [5.41, 5.74) is 1.97. The van der Waals surface area contributed by atoms with Gasteiger partial charge in [-0.25, -0.2) is 0 Å². The van der Waals surface area contributed by atoms with Crippen molar-refractivity contribution in [3.05, 3.63) is 35.4 Å². The summed E-state index contributed by atoms with van der Waals surface area (Å²) in [4.78, 5) is 9.60. The summed E-state index contributed by atoms with van der Waals surface area (Å²) in [6.45, 7) is 8.07. The first-order valence-electron chi connectivity index (χ1n) is 6.56. The second kappa shape index (κ2) is 7.65. The average molecular weight is 278 g/mol. The zero-order valence-electron chi connectivity index (χ0n) is 12.2. The minimum atomic E-state index is -0.318. The van der Waals surface area contributed by atoms with Crippen LogP contribution in [0.25, 0.3) is 0 Å². The van der Waals surface area contributed by atoms with Crippen molar-refractivity contribution in [1.29, 1.82) is 0 Å². The molecule has 5 heteroatoms. The standard InChI is InChI=1S/C10H12N2O.C5H10O2/c13-12-5-8-1-3-9(4-2-8)10-6-11-7-10;1-5(2,3)7-4-6/h1-5,10-11,13H,6-7H2;4H,1-3H3. The van der Waals surface area contributed by atoms with Crippen LogP contribution in [0.3, 0.4) is 0 Å². The molecule has 0 saturated carbocycles. The van der Waals surface area contributed by atoms with Gasteiger partial charge in [-0.05, 0) is 31.9 Å². The van der Waals surface area contributed by atoms with E-state index in [1.54, 1.807) is 0 Å². The van der Waals surface area contributed by atoms with E-state index in [1.807, 2.05) is 32.9 Å². The highest BCUT2D eigenvalue weighted by Crippen LogP contribution is 2.19. The van der Waals surface area contributed by atoms with Gasteiger partial charge in [0.2, 0.25) is 0 Å². The van der Waals surface area contributed by atoms with Crippen LogP contribution in [0.2, 0.25) is 0 Å². The Balaban J connectivity index is 0.000000246. The van der Waals surface area contributed by atoms with Gasteiger partial charge < -0.3 is 15.3 Å². The van der Waals surface area contributed by atoms with Gasteiger partial charge in [-0.3, -0.25) is 4.79 Å². The van der Waals surface area contributed by atoms with Crippen LogP contribution >= 0.6 is 0 Å². The maximum absolute atomic E-state index is 9.60. The lowest BCUT2D eigenvalue weighted by atomic mass is 9.93. The molecular weight excluding hydrogens is 256 g/mol. The molecule has 0 spiro atoms. The van der Waals surface area contributed by atoms with E-state index in [1.165, 1.54) is 11.8 Å². The summed E-state index contributed by atoms with van der Waals surface area (Å²) in [6.07, 6.45) is 1.43. The van der Waals surface area contributed by atoms with Crippen molar-refractivity contribution >= 4 is 12.7 Å². The van der Waals surface area contributed by atoms with Crippen molar-refractivity contribution in [3.63, 3.8) is 0 Å². The predicted molar refractivity (Wildman–Crippen MR) is 78.3 cm³/mol. The minimum absolute atomic E-state index is 0.318. The normalized spacial score (nSPS) is 15.2. The number of carbonyl (C=O) groups excluding carboxylic acids is 1. The number of nitrogens with zero attached hydrogens (tertiary/aromatic N) is 1. The molecule has 5 nitrogen and oxygen atoms in total. The minimum Gasteiger partial charge on any atom is -0.462 e. The van der Waals surface area contributed by atoms with Gasteiger partial charge in [-0.2, -0.15) is 0 Å². The number of ether oxygens (including phenoxy) is 1. The van der Waals surface area contributed by atoms with Crippen LogP contribution in [0.15, 0.2) is 29.4 Å². The number of hydrogen-bond acceptors (Lipinski definition) is 5. The fourth-order valence-electron chi connectivity index (χ4n) is 1.59. The van der Waals surface area contributed by atoms with Crippen LogP contribution in [0, 0.1) is 0 Å². The fourth-order valence-corrected chi connectivity index (χ4v) is 1.59. The molecule has 1 aromatic rings. The molecule has 1 saturated heterocycles. The van der Waals surface area contributed by atoms with Crippen molar-refractivity contribution in [1.82, 2.24) is 5.32 Å². The van der Waals surface area contributed by atoms with E-state index in [0.29, 0.717) is 12.4 Å². The molecule has 1 fully saturated rings. The van der Waals surface area contributed by atoms with Gasteiger partial charge in [0.1, 0.15) is 5.60 Å². The third kappa shape index (κ3) is 5.84. The quantitative estimate of drug-likeness (QED) is 0.384. The molecule has 2 N–H and O–H groups in total. The monoisotopic (exact) mass is 278 g/mol. The van der Waals surface area contributed by atoms with Gasteiger partial charge in [-0.15, -0.1) is 0 Å². The highest BCUT2D eigenvalue weighted by Gasteiger charge is 2.17. The number of hydrogen-bond donors (Lipinski definition) is 2. The van der Waals surface area contributed by atoms with Crippen molar-refractivity contribution < 1.29 is 14.7 Å². The number of benzene rings is 1. The Bertz CT molecular complexity index is 431. The van der Waals surface area contributed by atoms with E-state index in [-0.39, 0.29) is 5.60 Å². The molecule has 110 valence electrons. The van der Waals surface area contributed by atoms with E-state index < -0.39 is 0 Å². The van der Waals surface area contributed by atoms with Crippen molar-refractivity contribution in [2.24, 2.45) is 5.16 Å². The molecule has 1 aliphatic heterocycles. The number of carbonyl (C=O) groups is 1. The SMILES string of the molecule is CC(C)(C)OC=O.ON=Cc1ccc(C2CNC2)cc1. The second-order valence-corrected chi connectivity index (χ2v) is 5.59. The molecule has 0 amide bonds. The summed E-state index contributed by atoms with van der Waals surface area (Å²) in [5, 5.41) is 14.5. The summed E-state index contributed by atoms with van der Waals surface area (Å²) >= 11 is 0. The van der Waals surface area contributed by atoms with Gasteiger partial charge in [0.15, 0.2) is 0 Å². The van der Waals surface area contributed by atoms with E-state index in [4.69, 9.17) is 5.21 Å². The first-order chi connectivity index (χ1) is 9.46. The largest absolute Gasteiger partial charge is 0.462 e. The Morgan fingerprint density at radius 3 is 2.20 bits per heavy atom. The molecule has 0 atom stereocenters. The van der Waals surface area contributed by atoms with Crippen LogP contribution in [-0.4, -0.2) is 36.6 Å². The van der Waals surface area contributed by atoms with E-state index in [9.17, 15) is 4.79 Å². The zero-order chi connectivity index (χ0) is 15.0. The molecule has 1 aromatic carbocycles. The zero-order valence-corrected chi connectivity index (χ0v) is 12.2. The van der Waals surface area contributed by atoms with Gasteiger partial charge >= 0.3 is 0 Å². The Morgan fingerprint density at radius 1 is 1.30 bits per heavy atom. The third-order valence-corrected chi connectivity index (χ3v) is 2.80. The Morgan fingerprint density at radius 2 is 1.90 bits per heavy atom. The number of rotatable bonds is 3. The lowest BCUT2D eigenvalue weighted by molar-refractivity contribution is -0.138.